The van der Waals surface area contributed by atoms with Crippen molar-refractivity contribution >= 4 is 11.3 Å². The van der Waals surface area contributed by atoms with Gasteiger partial charge in [-0.1, -0.05) is 12.1 Å². The maximum atomic E-state index is 5.21. The summed E-state index contributed by atoms with van der Waals surface area (Å²) >= 11 is 1.92. The molecule has 1 heterocycles. The summed E-state index contributed by atoms with van der Waals surface area (Å²) in [5.41, 5.74) is 2.86. The highest BCUT2D eigenvalue weighted by Gasteiger charge is 2.29. The van der Waals surface area contributed by atoms with Crippen LogP contribution in [0.3, 0.4) is 0 Å². The van der Waals surface area contributed by atoms with Gasteiger partial charge in [-0.05, 0) is 61.9 Å². The number of thiophene rings is 1. The Morgan fingerprint density at radius 1 is 1.19 bits per heavy atom. The van der Waals surface area contributed by atoms with E-state index in [0.717, 1.165) is 12.3 Å². The Hall–Kier alpha value is -1.32. The molecule has 0 amide bonds. The summed E-state index contributed by atoms with van der Waals surface area (Å²) in [5.74, 6) is 1.65. The molecule has 1 aromatic carbocycles. The zero-order valence-corrected chi connectivity index (χ0v) is 13.8. The maximum Gasteiger partial charge on any atom is 0.118 e. The van der Waals surface area contributed by atoms with Crippen LogP contribution in [0.2, 0.25) is 0 Å². The number of benzene rings is 1. The lowest BCUT2D eigenvalue weighted by atomic mass is 9.76. The summed E-state index contributed by atoms with van der Waals surface area (Å²) in [7, 11) is 1.71. The van der Waals surface area contributed by atoms with Gasteiger partial charge >= 0.3 is 0 Å². The van der Waals surface area contributed by atoms with Crippen LogP contribution < -0.4 is 10.1 Å². The Kier molecular flexibility index (Phi) is 4.32. The summed E-state index contributed by atoms with van der Waals surface area (Å²) in [4.78, 5) is 2.90. The second kappa shape index (κ2) is 6.20. The van der Waals surface area contributed by atoms with Gasteiger partial charge in [0.25, 0.3) is 0 Å². The Labute approximate surface area is 131 Å². The van der Waals surface area contributed by atoms with E-state index in [1.165, 1.54) is 33.7 Å². The number of methoxy groups -OCH3 is 1. The monoisotopic (exact) mass is 301 g/mol. The summed E-state index contributed by atoms with van der Waals surface area (Å²) in [6.07, 6.45) is 2.49. The Bertz CT molecular complexity index is 577. The molecule has 0 spiro atoms. The predicted octanol–water partition coefficient (Wildman–Crippen LogP) is 4.41. The largest absolute Gasteiger partial charge is 0.497 e. The van der Waals surface area contributed by atoms with Crippen LogP contribution in [0, 0.1) is 13.8 Å². The molecule has 112 valence electrons. The number of nitrogens with one attached hydrogen (secondary N) is 1. The van der Waals surface area contributed by atoms with Crippen LogP contribution in [-0.4, -0.2) is 13.2 Å². The summed E-state index contributed by atoms with van der Waals surface area (Å²) in [6, 6.07) is 11.5. The first kappa shape index (κ1) is 14.6. The minimum atomic E-state index is 0.666. The number of rotatable bonds is 5. The molecule has 3 rings (SSSR count). The normalized spacial score (nSPS) is 21.1. The average molecular weight is 301 g/mol. The fourth-order valence-corrected chi connectivity index (χ4v) is 3.92. The van der Waals surface area contributed by atoms with Crippen LogP contribution >= 0.6 is 11.3 Å². The molecule has 0 unspecified atom stereocenters. The first-order valence-corrected chi connectivity index (χ1v) is 8.40. The quantitative estimate of drug-likeness (QED) is 0.883. The molecule has 1 aromatic heterocycles. The van der Waals surface area contributed by atoms with E-state index >= 15 is 0 Å². The zero-order valence-electron chi connectivity index (χ0n) is 13.0. The molecular formula is C18H23NOS. The second-order valence-electron chi connectivity index (χ2n) is 5.97. The number of aryl methyl sites for hydroxylation is 2. The lowest BCUT2D eigenvalue weighted by molar-refractivity contribution is 0.290. The number of ether oxygens (including phenoxy) is 1. The van der Waals surface area contributed by atoms with Crippen molar-refractivity contribution < 1.29 is 4.74 Å². The SMILES string of the molecule is COc1ccc(C2CC(NCc3cc(C)c(C)s3)C2)cc1. The lowest BCUT2D eigenvalue weighted by Gasteiger charge is -2.36. The van der Waals surface area contributed by atoms with E-state index in [2.05, 4.69) is 49.5 Å². The van der Waals surface area contributed by atoms with E-state index in [1.807, 2.05) is 11.3 Å². The van der Waals surface area contributed by atoms with Gasteiger partial charge in [-0.15, -0.1) is 11.3 Å². The van der Waals surface area contributed by atoms with Crippen molar-refractivity contribution in [3.05, 3.63) is 51.2 Å². The van der Waals surface area contributed by atoms with Crippen LogP contribution in [0.25, 0.3) is 0 Å². The minimum absolute atomic E-state index is 0.666. The van der Waals surface area contributed by atoms with Crippen LogP contribution in [0.5, 0.6) is 5.75 Å². The summed E-state index contributed by atoms with van der Waals surface area (Å²) < 4.78 is 5.21. The summed E-state index contributed by atoms with van der Waals surface area (Å²) in [6.45, 7) is 5.41. The molecule has 1 N–H and O–H groups in total. The Balaban J connectivity index is 1.47. The standard InChI is InChI=1S/C18H23NOS/c1-12-8-18(21-13(12)2)11-19-16-9-15(10-16)14-4-6-17(20-3)7-5-14/h4-8,15-16,19H,9-11H2,1-3H3. The van der Waals surface area contributed by atoms with E-state index in [4.69, 9.17) is 4.74 Å². The summed E-state index contributed by atoms with van der Waals surface area (Å²) in [5, 5.41) is 3.68. The molecule has 2 nitrogen and oxygen atoms in total. The van der Waals surface area contributed by atoms with Gasteiger partial charge in [0, 0.05) is 22.3 Å². The Morgan fingerprint density at radius 3 is 2.48 bits per heavy atom. The zero-order chi connectivity index (χ0) is 14.8. The lowest BCUT2D eigenvalue weighted by Crippen LogP contribution is -2.39. The molecule has 0 aliphatic heterocycles. The first-order valence-electron chi connectivity index (χ1n) is 7.59. The Morgan fingerprint density at radius 2 is 1.90 bits per heavy atom. The van der Waals surface area contributed by atoms with Crippen molar-refractivity contribution in [2.24, 2.45) is 0 Å². The van der Waals surface area contributed by atoms with Crippen molar-refractivity contribution in [3.63, 3.8) is 0 Å². The second-order valence-corrected chi connectivity index (χ2v) is 7.31. The molecule has 1 aliphatic rings. The van der Waals surface area contributed by atoms with E-state index in [9.17, 15) is 0 Å². The fourth-order valence-electron chi connectivity index (χ4n) is 2.91. The molecule has 3 heteroatoms. The van der Waals surface area contributed by atoms with Gasteiger partial charge in [0.15, 0.2) is 0 Å². The molecule has 1 aliphatic carbocycles. The topological polar surface area (TPSA) is 21.3 Å². The highest BCUT2D eigenvalue weighted by atomic mass is 32.1. The third kappa shape index (κ3) is 3.30. The molecular weight excluding hydrogens is 278 g/mol. The highest BCUT2D eigenvalue weighted by molar-refractivity contribution is 7.12. The van der Waals surface area contributed by atoms with Gasteiger partial charge in [0.05, 0.1) is 7.11 Å². The average Bonchev–Trinajstić information content (AvgIpc) is 2.76. The van der Waals surface area contributed by atoms with Crippen molar-refractivity contribution in [1.82, 2.24) is 5.32 Å². The molecule has 1 saturated carbocycles. The first-order chi connectivity index (χ1) is 10.2. The number of hydrogen-bond donors (Lipinski definition) is 1. The van der Waals surface area contributed by atoms with Gasteiger partial charge in [-0.2, -0.15) is 0 Å². The molecule has 1 fully saturated rings. The van der Waals surface area contributed by atoms with Crippen LogP contribution in [0.15, 0.2) is 30.3 Å². The van der Waals surface area contributed by atoms with Crippen molar-refractivity contribution in [1.29, 1.82) is 0 Å². The van der Waals surface area contributed by atoms with Crippen molar-refractivity contribution in [3.8, 4) is 5.75 Å². The van der Waals surface area contributed by atoms with E-state index < -0.39 is 0 Å². The van der Waals surface area contributed by atoms with Crippen LogP contribution in [0.1, 0.15) is 39.6 Å². The van der Waals surface area contributed by atoms with Gasteiger partial charge < -0.3 is 10.1 Å². The molecule has 2 aromatic rings. The smallest absolute Gasteiger partial charge is 0.118 e. The fraction of sp³-hybridized carbons (Fsp3) is 0.444. The third-order valence-corrected chi connectivity index (χ3v) is 5.66. The molecule has 0 atom stereocenters. The van der Waals surface area contributed by atoms with Gasteiger partial charge in [-0.3, -0.25) is 0 Å². The van der Waals surface area contributed by atoms with E-state index in [0.29, 0.717) is 12.0 Å². The van der Waals surface area contributed by atoms with E-state index in [1.54, 1.807) is 7.11 Å². The van der Waals surface area contributed by atoms with Gasteiger partial charge in [0.1, 0.15) is 5.75 Å². The molecule has 21 heavy (non-hydrogen) atoms. The molecule has 0 radical (unpaired) electrons. The molecule has 0 bridgehead atoms. The van der Waals surface area contributed by atoms with E-state index in [-0.39, 0.29) is 0 Å². The number of hydrogen-bond acceptors (Lipinski definition) is 3. The highest BCUT2D eigenvalue weighted by Crippen LogP contribution is 2.37. The van der Waals surface area contributed by atoms with Gasteiger partial charge in [0.2, 0.25) is 0 Å². The predicted molar refractivity (Wildman–Crippen MR) is 89.4 cm³/mol. The van der Waals surface area contributed by atoms with Gasteiger partial charge in [-0.25, -0.2) is 0 Å². The maximum absolute atomic E-state index is 5.21. The van der Waals surface area contributed by atoms with Crippen LogP contribution in [-0.2, 0) is 6.54 Å². The molecule has 0 saturated heterocycles. The third-order valence-electron chi connectivity index (χ3n) is 4.51. The van der Waals surface area contributed by atoms with Crippen molar-refractivity contribution in [2.75, 3.05) is 7.11 Å². The van der Waals surface area contributed by atoms with Crippen LogP contribution in [0.4, 0.5) is 0 Å². The minimum Gasteiger partial charge on any atom is -0.497 e. The van der Waals surface area contributed by atoms with Crippen molar-refractivity contribution in [2.45, 2.75) is 45.2 Å².